The minimum Gasteiger partial charge on any atom is -0.378 e. The second-order valence-corrected chi connectivity index (χ2v) is 16.5. The van der Waals surface area contributed by atoms with Crippen LogP contribution < -0.4 is 10.6 Å². The van der Waals surface area contributed by atoms with E-state index in [1.165, 1.54) is 5.56 Å². The number of carbonyl (C=O) groups is 2. The number of piperazine rings is 1. The van der Waals surface area contributed by atoms with Gasteiger partial charge in [-0.25, -0.2) is 9.97 Å². The summed E-state index contributed by atoms with van der Waals surface area (Å²) in [5.41, 5.74) is 4.79. The Morgan fingerprint density at radius 1 is 0.912 bits per heavy atom. The molecule has 0 spiro atoms. The second kappa shape index (κ2) is 20.5. The highest BCUT2D eigenvalue weighted by Crippen LogP contribution is 2.29. The summed E-state index contributed by atoms with van der Waals surface area (Å²) < 4.78 is 17.0. The molecule has 2 aliphatic rings. The van der Waals surface area contributed by atoms with E-state index in [-0.39, 0.29) is 24.5 Å². The summed E-state index contributed by atoms with van der Waals surface area (Å²) in [5, 5.41) is 7.99. The molecule has 2 atom stereocenters. The lowest BCUT2D eigenvalue weighted by molar-refractivity contribution is -0.141. The van der Waals surface area contributed by atoms with Crippen molar-refractivity contribution in [2.75, 3.05) is 84.2 Å². The van der Waals surface area contributed by atoms with Crippen LogP contribution in [0.5, 0.6) is 0 Å². The Morgan fingerprint density at radius 3 is 2.32 bits per heavy atom. The third-order valence-corrected chi connectivity index (χ3v) is 11.1. The van der Waals surface area contributed by atoms with Crippen LogP contribution in [0.3, 0.4) is 0 Å². The molecule has 4 aromatic rings. The Labute approximate surface area is 341 Å². The monoisotopic (exact) mass is 802 g/mol. The van der Waals surface area contributed by atoms with Gasteiger partial charge in [0.25, 0.3) is 0 Å². The van der Waals surface area contributed by atoms with Gasteiger partial charge in [0.2, 0.25) is 11.8 Å². The number of ether oxygens (including phenoxy) is 3. The van der Waals surface area contributed by atoms with Gasteiger partial charge in [-0.15, -0.1) is 0 Å². The number of H-pyrrole nitrogens is 1. The number of aromatic nitrogens is 3. The average molecular weight is 803 g/mol. The maximum absolute atomic E-state index is 13.2. The summed E-state index contributed by atoms with van der Waals surface area (Å²) in [6.45, 7) is 17.3. The molecule has 57 heavy (non-hydrogen) atoms. The van der Waals surface area contributed by atoms with E-state index in [1.807, 2.05) is 49.9 Å². The zero-order valence-electron chi connectivity index (χ0n) is 33.9. The summed E-state index contributed by atoms with van der Waals surface area (Å²) in [6, 6.07) is 18.3. The van der Waals surface area contributed by atoms with Gasteiger partial charge in [-0.1, -0.05) is 74.8 Å². The third kappa shape index (κ3) is 12.2. The van der Waals surface area contributed by atoms with E-state index in [2.05, 4.69) is 72.6 Å². The maximum Gasteiger partial charge on any atom is 0.246 e. The van der Waals surface area contributed by atoms with Gasteiger partial charge < -0.3 is 34.7 Å². The van der Waals surface area contributed by atoms with Crippen molar-refractivity contribution in [2.24, 2.45) is 5.41 Å². The van der Waals surface area contributed by atoms with Crippen LogP contribution in [0, 0.1) is 5.41 Å². The number of hydrogen-bond donors (Lipinski definition) is 3. The van der Waals surface area contributed by atoms with Gasteiger partial charge in [0.15, 0.2) is 0 Å². The molecular weight excluding hydrogens is 744 g/mol. The number of fused-ring (bicyclic) bond motifs is 1. The van der Waals surface area contributed by atoms with Crippen molar-refractivity contribution in [3.8, 4) is 11.3 Å². The zero-order chi connectivity index (χ0) is 40.2. The van der Waals surface area contributed by atoms with Crippen molar-refractivity contribution in [3.63, 3.8) is 0 Å². The highest BCUT2D eigenvalue weighted by molar-refractivity contribution is 6.31. The summed E-state index contributed by atoms with van der Waals surface area (Å²) in [6.07, 6.45) is 3.57. The predicted octanol–water partition coefficient (Wildman–Crippen LogP) is 5.60. The molecular formula is C43H59ClN8O5. The number of likely N-dealkylation sites (tertiary alicyclic amines) is 1. The molecule has 2 amide bonds. The number of carbonyl (C=O) groups excluding carboxylic acids is 2. The quantitative estimate of drug-likeness (QED) is 0.103. The van der Waals surface area contributed by atoms with Crippen LogP contribution in [0.1, 0.15) is 51.7 Å². The summed E-state index contributed by atoms with van der Waals surface area (Å²) >= 11 is 6.35. The van der Waals surface area contributed by atoms with Crippen LogP contribution in [-0.2, 0) is 36.9 Å². The van der Waals surface area contributed by atoms with Crippen LogP contribution in [0.15, 0.2) is 60.9 Å². The van der Waals surface area contributed by atoms with Gasteiger partial charge in [0, 0.05) is 69.1 Å². The standard InChI is InChI=1S/C43H59ClN8O5/c1-31-8-7-15-52(31)42(54)39(43(2,3)4)49-38(53)29-57-25-24-56-23-22-55-21-20-50-16-18-51(19-17-50)28-32-11-13-33(14-12-32)37-26-35-40(46-30-47-41(35)48-37)45-27-34-9-5-6-10-36(34)44/h5-6,9-14,26,30-31,39H,7-8,15-25,27-29H2,1-4H3,(H,49,53)(H2,45,46,47,48). The van der Waals surface area contributed by atoms with Gasteiger partial charge in [0.1, 0.15) is 30.4 Å². The van der Waals surface area contributed by atoms with E-state index in [0.29, 0.717) is 39.6 Å². The van der Waals surface area contributed by atoms with Gasteiger partial charge in [0.05, 0.1) is 38.4 Å². The highest BCUT2D eigenvalue weighted by Gasteiger charge is 2.38. The number of nitrogens with zero attached hydrogens (tertiary/aromatic N) is 5. The van der Waals surface area contributed by atoms with Crippen LogP contribution in [0.25, 0.3) is 22.3 Å². The van der Waals surface area contributed by atoms with E-state index >= 15 is 0 Å². The van der Waals surface area contributed by atoms with Gasteiger partial charge in [-0.05, 0) is 54.0 Å². The van der Waals surface area contributed by atoms with Crippen molar-refractivity contribution < 1.29 is 23.8 Å². The lowest BCUT2D eigenvalue weighted by Gasteiger charge is -2.35. The Kier molecular flexibility index (Phi) is 15.3. The van der Waals surface area contributed by atoms with Crippen LogP contribution in [-0.4, -0.2) is 132 Å². The van der Waals surface area contributed by atoms with E-state index in [1.54, 1.807) is 6.33 Å². The fourth-order valence-electron chi connectivity index (χ4n) is 7.35. The molecule has 0 bridgehead atoms. The number of aromatic amines is 1. The Hall–Kier alpha value is -4.11. The zero-order valence-corrected chi connectivity index (χ0v) is 34.7. The van der Waals surface area contributed by atoms with Crippen molar-refractivity contribution in [1.29, 1.82) is 0 Å². The molecule has 14 heteroatoms. The Morgan fingerprint density at radius 2 is 1.61 bits per heavy atom. The summed E-state index contributed by atoms with van der Waals surface area (Å²) in [7, 11) is 0. The molecule has 2 fully saturated rings. The SMILES string of the molecule is CC1CCCN1C(=O)C(NC(=O)COCCOCCOCCN1CCN(Cc2ccc(-c3cc4c(NCc5ccccc5Cl)ncnc4[nH]3)cc2)CC1)C(C)(C)C. The number of halogens is 1. The molecule has 0 radical (unpaired) electrons. The van der Waals surface area contributed by atoms with Gasteiger partial charge in [-0.3, -0.25) is 19.4 Å². The van der Waals surface area contributed by atoms with Crippen molar-refractivity contribution in [1.82, 2.24) is 35.0 Å². The molecule has 0 saturated carbocycles. The molecule has 308 valence electrons. The maximum atomic E-state index is 13.2. The van der Waals surface area contributed by atoms with Crippen molar-refractivity contribution in [3.05, 3.63) is 77.1 Å². The first kappa shape index (κ1) is 42.5. The molecule has 3 N–H and O–H groups in total. The molecule has 2 aromatic heterocycles. The Bertz CT molecular complexity index is 1890. The fraction of sp³-hybridized carbons (Fsp3) is 0.535. The van der Waals surface area contributed by atoms with E-state index in [0.717, 1.165) is 97.3 Å². The largest absolute Gasteiger partial charge is 0.378 e. The van der Waals surface area contributed by atoms with Crippen LogP contribution in [0.2, 0.25) is 5.02 Å². The Balaban J connectivity index is 0.811. The average Bonchev–Trinajstić information content (AvgIpc) is 3.84. The first-order valence-electron chi connectivity index (χ1n) is 20.2. The minimum atomic E-state index is -0.587. The molecule has 2 saturated heterocycles. The second-order valence-electron chi connectivity index (χ2n) is 16.1. The number of amides is 2. The predicted molar refractivity (Wildman–Crippen MR) is 224 cm³/mol. The summed E-state index contributed by atoms with van der Waals surface area (Å²) in [5.74, 6) is 0.463. The number of anilines is 1. The van der Waals surface area contributed by atoms with Crippen LogP contribution >= 0.6 is 11.6 Å². The number of hydrogen-bond acceptors (Lipinski definition) is 10. The van der Waals surface area contributed by atoms with E-state index < -0.39 is 11.5 Å². The summed E-state index contributed by atoms with van der Waals surface area (Å²) in [4.78, 5) is 45.0. The number of benzene rings is 2. The highest BCUT2D eigenvalue weighted by atomic mass is 35.5. The molecule has 2 aromatic carbocycles. The lowest BCUT2D eigenvalue weighted by atomic mass is 9.85. The molecule has 2 aliphatic heterocycles. The fourth-order valence-corrected chi connectivity index (χ4v) is 7.55. The third-order valence-electron chi connectivity index (χ3n) is 10.7. The van der Waals surface area contributed by atoms with Crippen molar-refractivity contribution in [2.45, 2.75) is 65.7 Å². The smallest absolute Gasteiger partial charge is 0.246 e. The number of nitrogens with one attached hydrogen (secondary N) is 3. The number of rotatable bonds is 19. The van der Waals surface area contributed by atoms with E-state index in [9.17, 15) is 9.59 Å². The molecule has 6 rings (SSSR count). The first-order chi connectivity index (χ1) is 27.5. The molecule has 4 heterocycles. The van der Waals surface area contributed by atoms with Gasteiger partial charge >= 0.3 is 0 Å². The molecule has 13 nitrogen and oxygen atoms in total. The van der Waals surface area contributed by atoms with E-state index in [4.69, 9.17) is 25.8 Å². The first-order valence-corrected chi connectivity index (χ1v) is 20.6. The van der Waals surface area contributed by atoms with Gasteiger partial charge in [-0.2, -0.15) is 0 Å². The topological polar surface area (TPSA) is 137 Å². The lowest BCUT2D eigenvalue weighted by Crippen LogP contribution is -2.56. The normalized spacial score (nSPS) is 17.3. The van der Waals surface area contributed by atoms with Crippen LogP contribution in [0.4, 0.5) is 5.82 Å². The molecule has 2 unspecified atom stereocenters. The van der Waals surface area contributed by atoms with Crippen molar-refractivity contribution >= 4 is 40.3 Å². The molecule has 0 aliphatic carbocycles. The minimum absolute atomic E-state index is 0.0148.